The SMILES string of the molecule is Nc1cc([As](=O)(O)O)cc(Cl)c1O. The van der Waals surface area contributed by atoms with Gasteiger partial charge in [0.05, 0.1) is 0 Å². The predicted molar refractivity (Wildman–Crippen MR) is 48.0 cm³/mol. The first kappa shape index (κ1) is 10.5. The molecule has 5 nitrogen and oxygen atoms in total. The van der Waals surface area contributed by atoms with E-state index in [0.29, 0.717) is 0 Å². The van der Waals surface area contributed by atoms with Crippen molar-refractivity contribution in [2.75, 3.05) is 5.73 Å². The van der Waals surface area contributed by atoms with Crippen LogP contribution in [-0.2, 0) is 3.74 Å². The maximum absolute atomic E-state index is 10.8. The van der Waals surface area contributed by atoms with E-state index in [1.165, 1.54) is 0 Å². The average Bonchev–Trinajstić information content (AvgIpc) is 1.97. The van der Waals surface area contributed by atoms with Crippen molar-refractivity contribution in [1.82, 2.24) is 0 Å². The van der Waals surface area contributed by atoms with Crippen LogP contribution in [0.2, 0.25) is 5.02 Å². The molecule has 0 aliphatic carbocycles. The Hall–Kier alpha value is -0.612. The van der Waals surface area contributed by atoms with Crippen LogP contribution in [0.25, 0.3) is 0 Å². The van der Waals surface area contributed by atoms with Crippen molar-refractivity contribution in [3.8, 4) is 5.75 Å². The normalized spacial score (nSPS) is 11.6. The third-order valence-corrected chi connectivity index (χ3v) is 3.66. The number of nitrogen functional groups attached to an aromatic ring is 1. The first-order chi connectivity index (χ1) is 5.82. The summed E-state index contributed by atoms with van der Waals surface area (Å²) in [7, 11) is 0. The van der Waals surface area contributed by atoms with Crippen molar-refractivity contribution in [2.45, 2.75) is 0 Å². The number of hydrogen-bond donors (Lipinski definition) is 4. The zero-order valence-electron chi connectivity index (χ0n) is 6.31. The van der Waals surface area contributed by atoms with Crippen molar-refractivity contribution >= 4 is 35.8 Å². The van der Waals surface area contributed by atoms with E-state index in [9.17, 15) is 3.74 Å². The molecule has 0 saturated heterocycles. The Bertz CT molecular complexity index is 365. The van der Waals surface area contributed by atoms with Crippen molar-refractivity contribution < 1.29 is 17.0 Å². The van der Waals surface area contributed by atoms with Crippen LogP contribution in [-0.4, -0.2) is 27.5 Å². The molecule has 0 spiro atoms. The quantitative estimate of drug-likeness (QED) is 0.303. The van der Waals surface area contributed by atoms with Gasteiger partial charge in [-0.25, -0.2) is 0 Å². The van der Waals surface area contributed by atoms with Gasteiger partial charge in [-0.15, -0.1) is 0 Å². The predicted octanol–water partition coefficient (Wildman–Crippen LogP) is -0.811. The van der Waals surface area contributed by atoms with Gasteiger partial charge in [-0.2, -0.15) is 0 Å². The van der Waals surface area contributed by atoms with Crippen LogP contribution >= 0.6 is 11.6 Å². The third-order valence-electron chi connectivity index (χ3n) is 1.41. The molecule has 1 aromatic rings. The van der Waals surface area contributed by atoms with Gasteiger partial charge < -0.3 is 0 Å². The number of phenols is 1. The van der Waals surface area contributed by atoms with E-state index in [0.717, 1.165) is 12.1 Å². The first-order valence-corrected chi connectivity index (χ1v) is 6.92. The van der Waals surface area contributed by atoms with Gasteiger partial charge in [-0.05, 0) is 0 Å². The molecule has 72 valence electrons. The Kier molecular flexibility index (Phi) is 2.63. The van der Waals surface area contributed by atoms with E-state index < -0.39 is 14.2 Å². The fourth-order valence-electron chi connectivity index (χ4n) is 0.774. The molecule has 1 rings (SSSR count). The number of nitrogens with two attached hydrogens (primary N) is 1. The van der Waals surface area contributed by atoms with E-state index in [2.05, 4.69) is 0 Å². The van der Waals surface area contributed by atoms with Crippen LogP contribution in [0.5, 0.6) is 5.75 Å². The van der Waals surface area contributed by atoms with Crippen molar-refractivity contribution in [3.05, 3.63) is 17.2 Å². The number of hydrogen-bond acceptors (Lipinski definition) is 3. The maximum atomic E-state index is 10.8. The molecule has 0 heterocycles. The molecule has 0 radical (unpaired) electrons. The molecule has 5 N–H and O–H groups in total. The summed E-state index contributed by atoms with van der Waals surface area (Å²) in [4.78, 5) is 0. The Balaban J connectivity index is 3.38. The molecule has 0 bridgehead atoms. The van der Waals surface area contributed by atoms with Gasteiger partial charge in [-0.1, -0.05) is 0 Å². The molecule has 7 heteroatoms. The Labute approximate surface area is 81.8 Å². The van der Waals surface area contributed by atoms with Crippen LogP contribution in [0.15, 0.2) is 12.1 Å². The molecular weight excluding hydrogens is 260 g/mol. The Morgan fingerprint density at radius 3 is 2.31 bits per heavy atom. The average molecular weight is 268 g/mol. The summed E-state index contributed by atoms with van der Waals surface area (Å²) in [6.45, 7) is 0. The number of halogens is 1. The molecule has 0 unspecified atom stereocenters. The fraction of sp³-hybridized carbons (Fsp3) is 0. The Morgan fingerprint density at radius 1 is 1.38 bits per heavy atom. The second-order valence-electron chi connectivity index (χ2n) is 2.41. The van der Waals surface area contributed by atoms with Gasteiger partial charge in [0.15, 0.2) is 0 Å². The monoisotopic (exact) mass is 267 g/mol. The third kappa shape index (κ3) is 2.19. The number of phenolic OH excluding ortho intramolecular Hbond substituents is 1. The van der Waals surface area contributed by atoms with Gasteiger partial charge in [-0.3, -0.25) is 0 Å². The molecule has 0 fully saturated rings. The molecule has 0 aliphatic rings. The minimum atomic E-state index is -4.97. The van der Waals surface area contributed by atoms with E-state index >= 15 is 0 Å². The fourth-order valence-corrected chi connectivity index (χ4v) is 2.43. The number of aromatic hydroxyl groups is 1. The second-order valence-corrected chi connectivity index (χ2v) is 6.18. The van der Waals surface area contributed by atoms with Crippen LogP contribution in [0.1, 0.15) is 0 Å². The molecular formula is C6H7AsClNO4. The van der Waals surface area contributed by atoms with Crippen LogP contribution in [0.4, 0.5) is 5.69 Å². The molecule has 0 saturated carbocycles. The second kappa shape index (κ2) is 3.27. The summed E-state index contributed by atoms with van der Waals surface area (Å²) in [5.74, 6) is -0.366. The van der Waals surface area contributed by atoms with E-state index in [4.69, 9.17) is 30.6 Å². The van der Waals surface area contributed by atoms with E-state index in [1.54, 1.807) is 0 Å². The van der Waals surface area contributed by atoms with Crippen molar-refractivity contribution in [2.24, 2.45) is 0 Å². The van der Waals surface area contributed by atoms with Crippen LogP contribution < -0.4 is 10.1 Å². The van der Waals surface area contributed by atoms with Crippen LogP contribution in [0.3, 0.4) is 0 Å². The summed E-state index contributed by atoms with van der Waals surface area (Å²) in [6.07, 6.45) is 0. The molecule has 0 amide bonds. The van der Waals surface area contributed by atoms with Crippen molar-refractivity contribution in [1.29, 1.82) is 0 Å². The summed E-state index contributed by atoms with van der Waals surface area (Å²) in [5.41, 5.74) is 5.10. The number of anilines is 1. The van der Waals surface area contributed by atoms with Crippen LogP contribution in [0, 0.1) is 0 Å². The molecule has 0 aliphatic heterocycles. The van der Waals surface area contributed by atoms with Gasteiger partial charge in [0.1, 0.15) is 0 Å². The van der Waals surface area contributed by atoms with Gasteiger partial charge >= 0.3 is 81.5 Å². The molecule has 13 heavy (non-hydrogen) atoms. The first-order valence-electron chi connectivity index (χ1n) is 3.16. The zero-order valence-corrected chi connectivity index (χ0v) is 8.94. The zero-order chi connectivity index (χ0) is 10.2. The topological polar surface area (TPSA) is 104 Å². The van der Waals surface area contributed by atoms with E-state index in [-0.39, 0.29) is 20.8 Å². The standard InChI is InChI=1S/C6H7AsClNO4/c8-4-1-3(7(11,12)13)2-5(9)6(4)10/h1-2,10H,9H2,(H2,11,12,13). The number of rotatable bonds is 1. The van der Waals surface area contributed by atoms with Crippen molar-refractivity contribution in [3.63, 3.8) is 0 Å². The summed E-state index contributed by atoms with van der Waals surface area (Å²) in [5, 5.41) is 8.93. The molecule has 0 aromatic heterocycles. The van der Waals surface area contributed by atoms with Gasteiger partial charge in [0.25, 0.3) is 0 Å². The molecule has 1 aromatic carbocycles. The van der Waals surface area contributed by atoms with Gasteiger partial charge in [0.2, 0.25) is 0 Å². The number of benzene rings is 1. The van der Waals surface area contributed by atoms with Gasteiger partial charge in [0, 0.05) is 0 Å². The summed E-state index contributed by atoms with van der Waals surface area (Å²) < 4.78 is 28.2. The van der Waals surface area contributed by atoms with E-state index in [1.807, 2.05) is 0 Å². The summed E-state index contributed by atoms with van der Waals surface area (Å²) in [6, 6.07) is 2.02. The molecule has 0 atom stereocenters. The summed E-state index contributed by atoms with van der Waals surface area (Å²) >= 11 is 0.488. The minimum absolute atomic E-state index is 0.146. The Morgan fingerprint density at radius 2 is 1.92 bits per heavy atom.